The Balaban J connectivity index is 1.75. The van der Waals surface area contributed by atoms with Gasteiger partial charge in [-0.05, 0) is 47.5 Å². The summed E-state index contributed by atoms with van der Waals surface area (Å²) in [5.41, 5.74) is 4.72. The van der Waals surface area contributed by atoms with Crippen LogP contribution in [0.25, 0.3) is 0 Å². The van der Waals surface area contributed by atoms with Crippen molar-refractivity contribution >= 4 is 47.5 Å². The fourth-order valence-electron chi connectivity index (χ4n) is 2.34. The molecule has 0 unspecified atom stereocenters. The van der Waals surface area contributed by atoms with E-state index in [1.807, 2.05) is 24.3 Å². The zero-order valence-electron chi connectivity index (χ0n) is 15.7. The third kappa shape index (κ3) is 6.84. The standard InChI is InChI=1S/C22H17Cl2N5O/c23-19-10-4-6-16(12-19)14-25-28-22(27-21(30)18-8-2-1-3-9-18)29-26-15-17-7-5-11-20(24)13-17/h1-15H,(H2,27,28,29,30)/b25-14+,26-15+. The molecular formula is C22H17Cl2N5O. The highest BCUT2D eigenvalue weighted by Gasteiger charge is 2.07. The van der Waals surface area contributed by atoms with Gasteiger partial charge in [0.25, 0.3) is 5.91 Å². The monoisotopic (exact) mass is 437 g/mol. The van der Waals surface area contributed by atoms with Crippen molar-refractivity contribution in [1.82, 2.24) is 10.7 Å². The Morgan fingerprint density at radius 2 is 1.43 bits per heavy atom. The molecule has 0 aliphatic carbocycles. The number of benzene rings is 3. The molecule has 2 N–H and O–H groups in total. The first-order valence-corrected chi connectivity index (χ1v) is 9.63. The number of nitrogens with zero attached hydrogens (tertiary/aromatic N) is 3. The van der Waals surface area contributed by atoms with Crippen molar-refractivity contribution in [2.45, 2.75) is 0 Å². The van der Waals surface area contributed by atoms with Crippen LogP contribution in [0.4, 0.5) is 0 Å². The van der Waals surface area contributed by atoms with Crippen LogP contribution in [0.15, 0.2) is 94.2 Å². The number of hydrogen-bond acceptors (Lipinski definition) is 4. The van der Waals surface area contributed by atoms with Crippen molar-refractivity contribution in [1.29, 1.82) is 0 Å². The van der Waals surface area contributed by atoms with Gasteiger partial charge in [0.05, 0.1) is 12.4 Å². The van der Waals surface area contributed by atoms with Crippen molar-refractivity contribution in [3.63, 3.8) is 0 Å². The lowest BCUT2D eigenvalue weighted by molar-refractivity contribution is 0.0975. The Kier molecular flexibility index (Phi) is 7.71. The average molecular weight is 438 g/mol. The fraction of sp³-hybridized carbons (Fsp3) is 0. The van der Waals surface area contributed by atoms with E-state index < -0.39 is 0 Å². The van der Waals surface area contributed by atoms with Crippen LogP contribution >= 0.6 is 23.2 Å². The van der Waals surface area contributed by atoms with E-state index in [0.29, 0.717) is 15.6 Å². The molecule has 0 aromatic heterocycles. The van der Waals surface area contributed by atoms with Crippen LogP contribution in [0.5, 0.6) is 0 Å². The first-order chi connectivity index (χ1) is 14.6. The minimum Gasteiger partial charge on any atom is -0.290 e. The number of nitrogens with one attached hydrogen (secondary N) is 2. The first kappa shape index (κ1) is 21.2. The van der Waals surface area contributed by atoms with Crippen LogP contribution in [-0.2, 0) is 0 Å². The van der Waals surface area contributed by atoms with Crippen LogP contribution in [-0.4, -0.2) is 24.3 Å². The molecule has 0 radical (unpaired) electrons. The number of hydrazone groups is 1. The number of halogens is 2. The number of carbonyl (C=O) groups is 1. The molecule has 150 valence electrons. The Bertz CT molecular complexity index is 1100. The lowest BCUT2D eigenvalue weighted by atomic mass is 10.2. The van der Waals surface area contributed by atoms with Gasteiger partial charge in [0.1, 0.15) is 0 Å². The molecule has 0 aliphatic rings. The summed E-state index contributed by atoms with van der Waals surface area (Å²) in [6.07, 6.45) is 3.07. The molecule has 0 fully saturated rings. The van der Waals surface area contributed by atoms with E-state index in [4.69, 9.17) is 23.2 Å². The summed E-state index contributed by atoms with van der Waals surface area (Å²) >= 11 is 11.9. The summed E-state index contributed by atoms with van der Waals surface area (Å²) in [6, 6.07) is 23.1. The molecule has 0 heterocycles. The summed E-state index contributed by atoms with van der Waals surface area (Å²) in [5.74, 6) is -0.293. The molecule has 3 aromatic carbocycles. The highest BCUT2D eigenvalue weighted by molar-refractivity contribution is 6.31. The van der Waals surface area contributed by atoms with Gasteiger partial charge < -0.3 is 0 Å². The maximum Gasteiger partial charge on any atom is 0.258 e. The minimum atomic E-state index is -0.349. The highest BCUT2D eigenvalue weighted by Crippen LogP contribution is 2.09. The van der Waals surface area contributed by atoms with Gasteiger partial charge in [-0.25, -0.2) is 5.43 Å². The van der Waals surface area contributed by atoms with Crippen molar-refractivity contribution in [2.24, 2.45) is 15.3 Å². The molecule has 30 heavy (non-hydrogen) atoms. The van der Waals surface area contributed by atoms with Gasteiger partial charge in [0, 0.05) is 15.6 Å². The van der Waals surface area contributed by atoms with Crippen LogP contribution in [0.2, 0.25) is 10.0 Å². The zero-order valence-corrected chi connectivity index (χ0v) is 17.2. The third-order valence-electron chi connectivity index (χ3n) is 3.71. The van der Waals surface area contributed by atoms with E-state index >= 15 is 0 Å². The first-order valence-electron chi connectivity index (χ1n) is 8.88. The van der Waals surface area contributed by atoms with Gasteiger partial charge in [0.2, 0.25) is 5.96 Å². The molecule has 1 amide bonds. The van der Waals surface area contributed by atoms with Crippen molar-refractivity contribution < 1.29 is 4.79 Å². The summed E-state index contributed by atoms with van der Waals surface area (Å²) < 4.78 is 0. The van der Waals surface area contributed by atoms with Gasteiger partial charge in [-0.3, -0.25) is 10.1 Å². The maximum atomic E-state index is 12.4. The smallest absolute Gasteiger partial charge is 0.258 e. The summed E-state index contributed by atoms with van der Waals surface area (Å²) in [6.45, 7) is 0. The molecule has 0 bridgehead atoms. The Morgan fingerprint density at radius 1 is 0.800 bits per heavy atom. The summed E-state index contributed by atoms with van der Waals surface area (Å²) in [7, 11) is 0. The zero-order chi connectivity index (χ0) is 21.2. The van der Waals surface area contributed by atoms with E-state index in [0.717, 1.165) is 11.1 Å². The van der Waals surface area contributed by atoms with Crippen LogP contribution < -0.4 is 10.7 Å². The Hall–Kier alpha value is -3.48. The van der Waals surface area contributed by atoms with Gasteiger partial charge in [-0.1, -0.05) is 65.7 Å². The van der Waals surface area contributed by atoms with Gasteiger partial charge in [-0.15, -0.1) is 5.10 Å². The Morgan fingerprint density at radius 3 is 2.07 bits per heavy atom. The van der Waals surface area contributed by atoms with E-state index in [2.05, 4.69) is 26.0 Å². The van der Waals surface area contributed by atoms with Crippen molar-refractivity contribution in [2.75, 3.05) is 0 Å². The molecule has 0 saturated heterocycles. The molecule has 3 rings (SSSR count). The van der Waals surface area contributed by atoms with E-state index in [-0.39, 0.29) is 11.9 Å². The lowest BCUT2D eigenvalue weighted by Gasteiger charge is -2.06. The Labute approximate surface area is 183 Å². The molecule has 0 saturated carbocycles. The SMILES string of the molecule is O=C(N/C(=N/N=C/c1cccc(Cl)c1)N/N=C/c1cccc(Cl)c1)c1ccccc1. The van der Waals surface area contributed by atoms with E-state index in [1.165, 1.54) is 6.21 Å². The normalized spacial score (nSPS) is 11.7. The number of amides is 1. The summed E-state index contributed by atoms with van der Waals surface area (Å²) in [5, 5.41) is 16.0. The lowest BCUT2D eigenvalue weighted by Crippen LogP contribution is -2.38. The van der Waals surface area contributed by atoms with Crippen LogP contribution in [0, 0.1) is 0 Å². The second kappa shape index (κ2) is 10.9. The fourth-order valence-corrected chi connectivity index (χ4v) is 2.74. The molecule has 8 heteroatoms. The van der Waals surface area contributed by atoms with Gasteiger partial charge in [-0.2, -0.15) is 10.2 Å². The van der Waals surface area contributed by atoms with Gasteiger partial charge in [0.15, 0.2) is 0 Å². The van der Waals surface area contributed by atoms with Crippen molar-refractivity contribution in [3.8, 4) is 0 Å². The number of rotatable bonds is 5. The quantitative estimate of drug-likeness (QED) is 0.343. The molecule has 6 nitrogen and oxygen atoms in total. The maximum absolute atomic E-state index is 12.4. The number of carbonyl (C=O) groups excluding carboxylic acids is 1. The van der Waals surface area contributed by atoms with E-state index in [9.17, 15) is 4.79 Å². The molecular weight excluding hydrogens is 421 g/mol. The average Bonchev–Trinajstić information content (AvgIpc) is 2.74. The predicted molar refractivity (Wildman–Crippen MR) is 123 cm³/mol. The largest absolute Gasteiger partial charge is 0.290 e. The summed E-state index contributed by atoms with van der Waals surface area (Å²) in [4.78, 5) is 12.4. The molecule has 3 aromatic rings. The molecule has 0 atom stereocenters. The highest BCUT2D eigenvalue weighted by atomic mass is 35.5. The molecule has 0 aliphatic heterocycles. The van der Waals surface area contributed by atoms with Crippen molar-refractivity contribution in [3.05, 3.63) is 106 Å². The van der Waals surface area contributed by atoms with Crippen LogP contribution in [0.1, 0.15) is 21.5 Å². The minimum absolute atomic E-state index is 0.0559. The second-order valence-corrected chi connectivity index (χ2v) is 6.87. The second-order valence-electron chi connectivity index (χ2n) is 5.99. The molecule has 0 spiro atoms. The van der Waals surface area contributed by atoms with Crippen LogP contribution in [0.3, 0.4) is 0 Å². The van der Waals surface area contributed by atoms with Gasteiger partial charge >= 0.3 is 0 Å². The third-order valence-corrected chi connectivity index (χ3v) is 4.18. The number of hydrogen-bond donors (Lipinski definition) is 2. The topological polar surface area (TPSA) is 78.2 Å². The van der Waals surface area contributed by atoms with E-state index in [1.54, 1.807) is 60.8 Å². The number of guanidine groups is 1. The predicted octanol–water partition coefficient (Wildman–Crippen LogP) is 4.74.